The van der Waals surface area contributed by atoms with Gasteiger partial charge in [0.05, 0.1) is 0 Å². The summed E-state index contributed by atoms with van der Waals surface area (Å²) in [5.41, 5.74) is 2.63. The zero-order valence-electron chi connectivity index (χ0n) is 10.7. The molecule has 0 spiro atoms. The van der Waals surface area contributed by atoms with E-state index in [9.17, 15) is 0 Å². The summed E-state index contributed by atoms with van der Waals surface area (Å²) in [6, 6.07) is 18.5. The normalized spacial score (nSPS) is 10.4. The van der Waals surface area contributed by atoms with Crippen molar-refractivity contribution in [2.24, 2.45) is 0 Å². The van der Waals surface area contributed by atoms with Crippen molar-refractivity contribution in [1.82, 2.24) is 9.78 Å². The third kappa shape index (κ3) is 2.06. The SMILES string of the molecule is N#Cc1ccn(-c2[c-]ccc3c2oc2ccccc23)n1.[Ir]. The number of fused-ring (bicyclic) bond motifs is 3. The quantitative estimate of drug-likeness (QED) is 0.418. The molecule has 5 heteroatoms. The van der Waals surface area contributed by atoms with Crippen LogP contribution in [-0.4, -0.2) is 9.78 Å². The summed E-state index contributed by atoms with van der Waals surface area (Å²) in [5.74, 6) is 0. The van der Waals surface area contributed by atoms with E-state index in [4.69, 9.17) is 9.68 Å². The second-order valence-corrected chi connectivity index (χ2v) is 4.42. The molecule has 4 rings (SSSR count). The standard InChI is InChI=1S/C16H8N3O.Ir/c17-10-11-8-9-19(18-11)14-6-3-5-13-12-4-1-2-7-15(12)20-16(13)14;/h1-5,7-9H;/q-1;. The maximum atomic E-state index is 8.87. The molecular formula is C16H8IrN3O-. The summed E-state index contributed by atoms with van der Waals surface area (Å²) in [6.07, 6.45) is 1.73. The first-order valence-corrected chi connectivity index (χ1v) is 6.15. The topological polar surface area (TPSA) is 54.8 Å². The summed E-state index contributed by atoms with van der Waals surface area (Å²) in [5, 5.41) is 15.1. The molecule has 1 radical (unpaired) electrons. The fourth-order valence-corrected chi connectivity index (χ4v) is 2.35. The predicted molar refractivity (Wildman–Crippen MR) is 74.4 cm³/mol. The number of hydrogen-bond acceptors (Lipinski definition) is 3. The van der Waals surface area contributed by atoms with Crippen LogP contribution in [0.25, 0.3) is 27.6 Å². The Hall–Kier alpha value is -2.41. The van der Waals surface area contributed by atoms with E-state index in [0.717, 1.165) is 21.9 Å². The average molecular weight is 450 g/mol. The van der Waals surface area contributed by atoms with Crippen molar-refractivity contribution in [2.75, 3.05) is 0 Å². The van der Waals surface area contributed by atoms with Crippen LogP contribution in [0.3, 0.4) is 0 Å². The maximum Gasteiger partial charge on any atom is 0.162 e. The van der Waals surface area contributed by atoms with Crippen LogP contribution in [0.1, 0.15) is 5.69 Å². The van der Waals surface area contributed by atoms with Gasteiger partial charge in [0, 0.05) is 37.3 Å². The molecule has 0 aliphatic heterocycles. The Bertz CT molecular complexity index is 978. The number of nitriles is 1. The Labute approximate surface area is 133 Å². The van der Waals surface area contributed by atoms with Gasteiger partial charge in [-0.2, -0.15) is 28.6 Å². The summed E-state index contributed by atoms with van der Waals surface area (Å²) in [4.78, 5) is 0. The molecule has 2 heterocycles. The number of benzene rings is 2. The molecule has 0 aliphatic carbocycles. The molecule has 0 aliphatic rings. The van der Waals surface area contributed by atoms with E-state index in [-0.39, 0.29) is 20.1 Å². The third-order valence-electron chi connectivity index (χ3n) is 3.25. The minimum atomic E-state index is 0. The number of para-hydroxylation sites is 1. The van der Waals surface area contributed by atoms with Gasteiger partial charge in [0.1, 0.15) is 11.7 Å². The predicted octanol–water partition coefficient (Wildman–Crippen LogP) is 3.44. The number of aromatic nitrogens is 2. The molecule has 0 atom stereocenters. The Morgan fingerprint density at radius 3 is 2.81 bits per heavy atom. The van der Waals surface area contributed by atoms with E-state index in [1.165, 1.54) is 0 Å². The molecule has 103 valence electrons. The van der Waals surface area contributed by atoms with Gasteiger partial charge >= 0.3 is 0 Å². The van der Waals surface area contributed by atoms with E-state index in [0.29, 0.717) is 11.4 Å². The first kappa shape index (κ1) is 13.6. The number of rotatable bonds is 1. The van der Waals surface area contributed by atoms with Crippen LogP contribution in [0.15, 0.2) is 53.1 Å². The van der Waals surface area contributed by atoms with Crippen LogP contribution < -0.4 is 0 Å². The van der Waals surface area contributed by atoms with Crippen LogP contribution >= 0.6 is 0 Å². The Morgan fingerprint density at radius 1 is 1.14 bits per heavy atom. The minimum Gasteiger partial charge on any atom is -0.513 e. The molecule has 2 aromatic heterocycles. The molecule has 4 nitrogen and oxygen atoms in total. The summed E-state index contributed by atoms with van der Waals surface area (Å²) in [6.45, 7) is 0. The van der Waals surface area contributed by atoms with E-state index in [1.54, 1.807) is 16.9 Å². The van der Waals surface area contributed by atoms with Crippen molar-refractivity contribution >= 4 is 21.9 Å². The molecule has 4 aromatic rings. The molecule has 21 heavy (non-hydrogen) atoms. The Balaban J connectivity index is 0.00000132. The second kappa shape index (κ2) is 5.17. The molecule has 0 fully saturated rings. The zero-order valence-corrected chi connectivity index (χ0v) is 13.1. The van der Waals surface area contributed by atoms with Gasteiger partial charge in [0.2, 0.25) is 0 Å². The Morgan fingerprint density at radius 2 is 2.00 bits per heavy atom. The van der Waals surface area contributed by atoms with Crippen molar-refractivity contribution in [3.8, 4) is 11.8 Å². The molecule has 0 N–H and O–H groups in total. The van der Waals surface area contributed by atoms with Gasteiger partial charge < -0.3 is 4.42 Å². The summed E-state index contributed by atoms with van der Waals surface area (Å²) >= 11 is 0. The van der Waals surface area contributed by atoms with Crippen molar-refractivity contribution in [2.45, 2.75) is 0 Å². The van der Waals surface area contributed by atoms with Crippen LogP contribution in [0.4, 0.5) is 0 Å². The molecule has 0 saturated carbocycles. The largest absolute Gasteiger partial charge is 0.513 e. The summed E-state index contributed by atoms with van der Waals surface area (Å²) < 4.78 is 7.52. The smallest absolute Gasteiger partial charge is 0.162 e. The second-order valence-electron chi connectivity index (χ2n) is 4.42. The van der Waals surface area contributed by atoms with Crippen LogP contribution in [0.2, 0.25) is 0 Å². The first-order valence-electron chi connectivity index (χ1n) is 6.15. The average Bonchev–Trinajstić information content (AvgIpc) is 3.11. The zero-order chi connectivity index (χ0) is 13.5. The van der Waals surface area contributed by atoms with Crippen molar-refractivity contribution in [3.05, 3.63) is 60.4 Å². The van der Waals surface area contributed by atoms with E-state index >= 15 is 0 Å². The van der Waals surface area contributed by atoms with Gasteiger partial charge in [-0.15, -0.1) is 0 Å². The molecule has 0 saturated heterocycles. The van der Waals surface area contributed by atoms with Crippen molar-refractivity contribution < 1.29 is 24.5 Å². The molecule has 0 amide bonds. The minimum absolute atomic E-state index is 0. The van der Waals surface area contributed by atoms with Crippen LogP contribution in [-0.2, 0) is 20.1 Å². The van der Waals surface area contributed by atoms with Gasteiger partial charge in [-0.1, -0.05) is 23.6 Å². The van der Waals surface area contributed by atoms with E-state index in [1.807, 2.05) is 42.5 Å². The number of nitrogens with zero attached hydrogens (tertiary/aromatic N) is 3. The fraction of sp³-hybridized carbons (Fsp3) is 0. The Kier molecular flexibility index (Phi) is 3.34. The van der Waals surface area contributed by atoms with Gasteiger partial charge in [-0.05, 0) is 17.8 Å². The van der Waals surface area contributed by atoms with Crippen molar-refractivity contribution in [1.29, 1.82) is 5.26 Å². The molecule has 0 unspecified atom stereocenters. The van der Waals surface area contributed by atoms with Crippen molar-refractivity contribution in [3.63, 3.8) is 0 Å². The van der Waals surface area contributed by atoms with Crippen LogP contribution in [0.5, 0.6) is 0 Å². The monoisotopic (exact) mass is 451 g/mol. The first-order chi connectivity index (χ1) is 9.86. The third-order valence-corrected chi connectivity index (χ3v) is 3.25. The molecular weight excluding hydrogens is 442 g/mol. The van der Waals surface area contributed by atoms with E-state index < -0.39 is 0 Å². The van der Waals surface area contributed by atoms with Gasteiger partial charge in [0.25, 0.3) is 0 Å². The number of furan rings is 1. The van der Waals surface area contributed by atoms with Gasteiger partial charge in [-0.3, -0.25) is 4.68 Å². The van der Waals surface area contributed by atoms with E-state index in [2.05, 4.69) is 11.2 Å². The van der Waals surface area contributed by atoms with Crippen LogP contribution in [0, 0.1) is 17.4 Å². The number of hydrogen-bond donors (Lipinski definition) is 0. The fourth-order valence-electron chi connectivity index (χ4n) is 2.35. The maximum absolute atomic E-state index is 8.87. The van der Waals surface area contributed by atoms with Gasteiger partial charge in [0.15, 0.2) is 5.69 Å². The molecule has 0 bridgehead atoms. The summed E-state index contributed by atoms with van der Waals surface area (Å²) in [7, 11) is 0. The molecule has 2 aromatic carbocycles. The van der Waals surface area contributed by atoms with Gasteiger partial charge in [-0.25, -0.2) is 0 Å².